The van der Waals surface area contributed by atoms with E-state index >= 15 is 0 Å². The molecule has 12 nitrogen and oxygen atoms in total. The van der Waals surface area contributed by atoms with Gasteiger partial charge in [-0.3, -0.25) is 4.79 Å². The molecule has 22 heavy (non-hydrogen) atoms. The molecule has 0 spiro atoms. The van der Waals surface area contributed by atoms with E-state index < -0.39 is 67.6 Å². The first-order valence-electron chi connectivity index (χ1n) is 5.29. The molecule has 0 saturated carbocycles. The molecule has 0 N–H and O–H groups in total. The maximum Gasteiger partial charge on any atom is 0.647 e. The van der Waals surface area contributed by atoms with Crippen molar-refractivity contribution in [1.82, 2.24) is 4.47 Å². The van der Waals surface area contributed by atoms with Gasteiger partial charge in [-0.05, 0) is 0 Å². The van der Waals surface area contributed by atoms with E-state index in [0.717, 1.165) is 0 Å². The number of rotatable bonds is 0. The van der Waals surface area contributed by atoms with Crippen LogP contribution in [0.15, 0.2) is 4.90 Å². The largest absolute Gasteiger partial charge is 0.647 e. The van der Waals surface area contributed by atoms with Gasteiger partial charge >= 0.3 is 18.2 Å². The van der Waals surface area contributed by atoms with Crippen molar-refractivity contribution in [3.63, 3.8) is 0 Å². The van der Waals surface area contributed by atoms with Gasteiger partial charge in [0.2, 0.25) is 23.0 Å². The Balaban J connectivity index is 2.04. The Bertz CT molecular complexity index is 1090. The smallest absolute Gasteiger partial charge is 0.380 e. The lowest BCUT2D eigenvalue weighted by Gasteiger charge is -2.17. The number of hydrogen-bond donors (Lipinski definition) is 0. The molecule has 4 aliphatic heterocycles. The van der Waals surface area contributed by atoms with Crippen molar-refractivity contribution in [3.8, 4) is 23.0 Å². The lowest BCUT2D eigenvalue weighted by atomic mass is 10.1. The molecule has 116 valence electrons. The molecule has 1 aromatic rings. The van der Waals surface area contributed by atoms with E-state index in [9.17, 15) is 26.2 Å². The highest BCUT2D eigenvalue weighted by atomic mass is 32.3. The highest BCUT2D eigenvalue weighted by Crippen LogP contribution is 2.74. The van der Waals surface area contributed by atoms with Crippen molar-refractivity contribution >= 4 is 34.2 Å². The van der Waals surface area contributed by atoms with E-state index in [1.807, 2.05) is 0 Å². The highest BCUT2D eigenvalue weighted by molar-refractivity contribution is 7.91. The fourth-order valence-corrected chi connectivity index (χ4v) is 6.16. The number of phosphoric ester groups is 1. The van der Waals surface area contributed by atoms with Crippen molar-refractivity contribution < 1.29 is 48.2 Å². The number of carbonyl (C=O) groups excluding carboxylic acids is 1. The van der Waals surface area contributed by atoms with Crippen LogP contribution in [0.1, 0.15) is 10.4 Å². The van der Waals surface area contributed by atoms with Crippen LogP contribution in [0, 0.1) is 0 Å². The van der Waals surface area contributed by atoms with Crippen molar-refractivity contribution in [2.24, 2.45) is 0 Å². The van der Waals surface area contributed by atoms with Crippen LogP contribution >= 0.6 is 7.82 Å². The zero-order valence-electron chi connectivity index (χ0n) is 9.70. The third-order valence-electron chi connectivity index (χ3n) is 3.09. The first kappa shape index (κ1) is 12.5. The molecule has 5 rings (SSSR count). The maximum atomic E-state index is 12.3. The van der Waals surface area contributed by atoms with Gasteiger partial charge in [-0.1, -0.05) is 8.75 Å². The van der Waals surface area contributed by atoms with E-state index in [1.54, 1.807) is 0 Å². The van der Waals surface area contributed by atoms with Gasteiger partial charge in [0, 0.05) is 0 Å². The zero-order chi connectivity index (χ0) is 15.7. The number of nitrogens with zero attached hydrogens (tertiary/aromatic N) is 1. The average Bonchev–Trinajstić information content (AvgIpc) is 2.92. The number of hydroxylamine groups is 1. The molecule has 0 radical (unpaired) electrons. The normalized spacial score (nSPS) is 30.2. The summed E-state index contributed by atoms with van der Waals surface area (Å²) in [4.78, 5) is 11.3. The Labute approximate surface area is 121 Å². The second kappa shape index (κ2) is 3.03. The Morgan fingerprint density at radius 1 is 0.909 bits per heavy atom. The Kier molecular flexibility index (Phi) is 1.73. The molecule has 1 amide bonds. The van der Waals surface area contributed by atoms with Crippen molar-refractivity contribution in [2.75, 3.05) is 0 Å². The molecule has 0 fully saturated rings. The minimum absolute atomic E-state index is 0.356. The topological polar surface area (TPSA) is 152 Å². The predicted molar refractivity (Wildman–Crippen MR) is 59.9 cm³/mol. The number of benzene rings is 1. The SMILES string of the molecule is O=C1c2c3c4c5c(c2S(=O)(=O)N1OS(=O)(=O)O3)OP(=O)(O4)O5. The summed E-state index contributed by atoms with van der Waals surface area (Å²) < 4.78 is 82.4. The van der Waals surface area contributed by atoms with Crippen LogP contribution in [0.5, 0.6) is 23.0 Å². The summed E-state index contributed by atoms with van der Waals surface area (Å²) in [5.74, 6) is -3.50. The summed E-state index contributed by atoms with van der Waals surface area (Å²) in [6, 6.07) is 0. The summed E-state index contributed by atoms with van der Waals surface area (Å²) in [5.41, 5.74) is -0.661. The molecule has 1 unspecified atom stereocenters. The zero-order valence-corrected chi connectivity index (χ0v) is 12.2. The number of carbonyl (C=O) groups is 1. The van der Waals surface area contributed by atoms with Crippen LogP contribution in [-0.2, 0) is 29.3 Å². The summed E-state index contributed by atoms with van der Waals surface area (Å²) in [7, 11) is -13.8. The molecular formula is C7NO11PS2. The molecule has 0 aromatic heterocycles. The number of hydrogen-bond acceptors (Lipinski definition) is 11. The minimum atomic E-state index is -4.92. The van der Waals surface area contributed by atoms with Gasteiger partial charge in [-0.15, -0.1) is 0 Å². The minimum Gasteiger partial charge on any atom is -0.380 e. The Morgan fingerprint density at radius 2 is 1.50 bits per heavy atom. The molecule has 15 heteroatoms. The number of fused-ring (bicyclic) bond motifs is 4. The third kappa shape index (κ3) is 1.16. The van der Waals surface area contributed by atoms with Crippen LogP contribution in [0.2, 0.25) is 0 Å². The van der Waals surface area contributed by atoms with Gasteiger partial charge in [0.15, 0.2) is 4.90 Å². The lowest BCUT2D eigenvalue weighted by molar-refractivity contribution is 0.0291. The molecule has 4 bridgehead atoms. The summed E-state index contributed by atoms with van der Waals surface area (Å²) in [5, 5.41) is 0. The molecule has 4 aliphatic rings. The fraction of sp³-hybridized carbons (Fsp3) is 0. The standard InChI is InChI=1S/C7NO11PS2/c9-7-1-2-3-4-5(17-20(10,15-3)16-4)6(1)21(11,12)8(7)19-22(13,14)18-2. The Hall–Kier alpha value is -2.02. The monoisotopic (exact) mass is 369 g/mol. The predicted octanol–water partition coefficient (Wildman–Crippen LogP) is -0.328. The van der Waals surface area contributed by atoms with Crippen molar-refractivity contribution in [3.05, 3.63) is 5.56 Å². The second-order valence-corrected chi connectivity index (χ2v) is 8.61. The summed E-state index contributed by atoms with van der Waals surface area (Å²) in [6.07, 6.45) is 0. The van der Waals surface area contributed by atoms with E-state index in [4.69, 9.17) is 13.6 Å². The first-order valence-corrected chi connectivity index (χ1v) is 9.53. The van der Waals surface area contributed by atoms with Gasteiger partial charge < -0.3 is 17.8 Å². The van der Waals surface area contributed by atoms with Crippen molar-refractivity contribution in [2.45, 2.75) is 4.90 Å². The van der Waals surface area contributed by atoms with E-state index in [0.29, 0.717) is 0 Å². The molecule has 4 heterocycles. The van der Waals surface area contributed by atoms with Crippen LogP contribution in [0.25, 0.3) is 0 Å². The number of amides is 1. The quantitative estimate of drug-likeness (QED) is 0.553. The third-order valence-corrected chi connectivity index (χ3v) is 6.69. The second-order valence-electron chi connectivity index (χ2n) is 4.35. The van der Waals surface area contributed by atoms with Crippen LogP contribution in [0.3, 0.4) is 0 Å². The number of phosphoric acid groups is 1. The van der Waals surface area contributed by atoms with Gasteiger partial charge in [0.05, 0.1) is 0 Å². The van der Waals surface area contributed by atoms with Gasteiger partial charge in [-0.25, -0.2) is 0 Å². The van der Waals surface area contributed by atoms with Crippen LogP contribution < -0.4 is 17.8 Å². The molecule has 1 atom stereocenters. The van der Waals surface area contributed by atoms with E-state index in [2.05, 4.69) is 8.47 Å². The number of sulfonamides is 1. The van der Waals surface area contributed by atoms with Crippen LogP contribution in [-0.4, -0.2) is 27.2 Å². The molecular weight excluding hydrogens is 369 g/mol. The van der Waals surface area contributed by atoms with E-state index in [1.165, 1.54) is 0 Å². The average molecular weight is 369 g/mol. The summed E-state index contributed by atoms with van der Waals surface area (Å²) in [6.45, 7) is 0. The van der Waals surface area contributed by atoms with E-state index in [-0.39, 0.29) is 4.47 Å². The van der Waals surface area contributed by atoms with Crippen LogP contribution in [0.4, 0.5) is 0 Å². The van der Waals surface area contributed by atoms with Gasteiger partial charge in [0.25, 0.3) is 15.9 Å². The van der Waals surface area contributed by atoms with Gasteiger partial charge in [-0.2, -0.15) is 21.4 Å². The highest BCUT2D eigenvalue weighted by Gasteiger charge is 2.62. The maximum absolute atomic E-state index is 12.3. The first-order chi connectivity index (χ1) is 10.1. The lowest BCUT2D eigenvalue weighted by Crippen LogP contribution is -2.33. The summed E-state index contributed by atoms with van der Waals surface area (Å²) >= 11 is 0. The van der Waals surface area contributed by atoms with Crippen molar-refractivity contribution in [1.29, 1.82) is 0 Å². The Morgan fingerprint density at radius 3 is 2.18 bits per heavy atom. The fourth-order valence-electron chi connectivity index (χ4n) is 2.36. The molecule has 0 aliphatic carbocycles. The van der Waals surface area contributed by atoms with Gasteiger partial charge in [0.1, 0.15) is 5.56 Å². The molecule has 0 saturated heterocycles. The molecule has 1 aromatic carbocycles.